The fraction of sp³-hybridized carbons (Fsp3) is 0.0500. The summed E-state index contributed by atoms with van der Waals surface area (Å²) in [6.45, 7) is 0. The van der Waals surface area contributed by atoms with Crippen LogP contribution in [-0.4, -0.2) is 35.2 Å². The second kappa shape index (κ2) is 7.20. The van der Waals surface area contributed by atoms with Crippen LogP contribution in [0.3, 0.4) is 0 Å². The zero-order valence-electron chi connectivity index (χ0n) is 15.7. The number of alkyl halides is 3. The Morgan fingerprint density at radius 1 is 0.935 bits per heavy atom. The van der Waals surface area contributed by atoms with Crippen LogP contribution in [0.2, 0.25) is 0 Å². The molecule has 0 saturated heterocycles. The van der Waals surface area contributed by atoms with Gasteiger partial charge in [0.15, 0.2) is 17.2 Å². The SMILES string of the molecule is FC(F)(F)c1cc(Nc2ccc(-c3ccccc3-c3nnn[nH]3)cc2)n2nccc2n1. The molecule has 2 N–H and O–H groups in total. The fourth-order valence-corrected chi connectivity index (χ4v) is 3.24. The second-order valence-corrected chi connectivity index (χ2v) is 6.62. The maximum absolute atomic E-state index is 13.2. The van der Waals surface area contributed by atoms with E-state index in [-0.39, 0.29) is 11.5 Å². The smallest absolute Gasteiger partial charge is 0.340 e. The quantitative estimate of drug-likeness (QED) is 0.447. The molecule has 0 radical (unpaired) electrons. The first kappa shape index (κ1) is 18.7. The van der Waals surface area contributed by atoms with Crippen LogP contribution >= 0.6 is 0 Å². The molecule has 0 saturated carbocycles. The van der Waals surface area contributed by atoms with Crippen LogP contribution in [0.5, 0.6) is 0 Å². The van der Waals surface area contributed by atoms with E-state index in [1.807, 2.05) is 36.4 Å². The first-order chi connectivity index (χ1) is 15.0. The molecular formula is C20H13F3N8. The van der Waals surface area contributed by atoms with E-state index in [9.17, 15) is 13.2 Å². The van der Waals surface area contributed by atoms with Gasteiger partial charge in [-0.3, -0.25) is 0 Å². The third kappa shape index (κ3) is 3.56. The Bertz CT molecular complexity index is 1340. The predicted octanol–water partition coefficient (Wildman–Crippen LogP) is 4.34. The molecule has 0 fully saturated rings. The van der Waals surface area contributed by atoms with Crippen LogP contribution in [0.25, 0.3) is 28.2 Å². The number of nitrogens with one attached hydrogen (secondary N) is 2. The van der Waals surface area contributed by atoms with Gasteiger partial charge < -0.3 is 5.32 Å². The van der Waals surface area contributed by atoms with Crippen LogP contribution in [0, 0.1) is 0 Å². The van der Waals surface area contributed by atoms with Crippen LogP contribution in [0.15, 0.2) is 66.9 Å². The van der Waals surface area contributed by atoms with Crippen LogP contribution in [0.4, 0.5) is 24.7 Å². The Labute approximate surface area is 172 Å². The summed E-state index contributed by atoms with van der Waals surface area (Å²) in [6.07, 6.45) is -3.17. The van der Waals surface area contributed by atoms with Gasteiger partial charge in [-0.15, -0.1) is 5.10 Å². The molecule has 3 heterocycles. The zero-order valence-corrected chi connectivity index (χ0v) is 15.7. The minimum atomic E-state index is -4.56. The Balaban J connectivity index is 1.49. The van der Waals surface area contributed by atoms with Gasteiger partial charge in [0.2, 0.25) is 0 Å². The van der Waals surface area contributed by atoms with E-state index >= 15 is 0 Å². The number of benzene rings is 2. The monoisotopic (exact) mass is 422 g/mol. The maximum Gasteiger partial charge on any atom is 0.433 e. The molecule has 0 unspecified atom stereocenters. The van der Waals surface area contributed by atoms with Crippen molar-refractivity contribution in [3.63, 3.8) is 0 Å². The van der Waals surface area contributed by atoms with Gasteiger partial charge in [-0.1, -0.05) is 36.4 Å². The predicted molar refractivity (Wildman–Crippen MR) is 106 cm³/mol. The van der Waals surface area contributed by atoms with Gasteiger partial charge in [-0.25, -0.2) is 10.1 Å². The van der Waals surface area contributed by atoms with Gasteiger partial charge in [0.1, 0.15) is 5.82 Å². The lowest BCUT2D eigenvalue weighted by atomic mass is 9.99. The van der Waals surface area contributed by atoms with Crippen molar-refractivity contribution in [2.24, 2.45) is 0 Å². The average molecular weight is 422 g/mol. The van der Waals surface area contributed by atoms with Gasteiger partial charge in [0.05, 0.1) is 6.20 Å². The van der Waals surface area contributed by atoms with Crippen molar-refractivity contribution in [2.75, 3.05) is 5.32 Å². The molecule has 5 rings (SSSR count). The molecule has 31 heavy (non-hydrogen) atoms. The van der Waals surface area contributed by atoms with Gasteiger partial charge >= 0.3 is 6.18 Å². The van der Waals surface area contributed by atoms with E-state index in [2.05, 4.69) is 36.0 Å². The highest BCUT2D eigenvalue weighted by Gasteiger charge is 2.33. The van der Waals surface area contributed by atoms with Crippen molar-refractivity contribution >= 4 is 17.2 Å². The average Bonchev–Trinajstić information content (AvgIpc) is 3.46. The van der Waals surface area contributed by atoms with Crippen LogP contribution < -0.4 is 5.32 Å². The Kier molecular flexibility index (Phi) is 4.35. The van der Waals surface area contributed by atoms with Crippen molar-refractivity contribution in [1.82, 2.24) is 35.2 Å². The Hall–Kier alpha value is -4.28. The number of tetrazole rings is 1. The fourth-order valence-electron chi connectivity index (χ4n) is 3.24. The number of halogens is 3. The van der Waals surface area contributed by atoms with Gasteiger partial charge in [-0.05, 0) is 33.7 Å². The van der Waals surface area contributed by atoms with Crippen molar-refractivity contribution in [3.8, 4) is 22.5 Å². The largest absolute Gasteiger partial charge is 0.433 e. The van der Waals surface area contributed by atoms with E-state index in [1.54, 1.807) is 12.1 Å². The summed E-state index contributed by atoms with van der Waals surface area (Å²) < 4.78 is 40.9. The van der Waals surface area contributed by atoms with Gasteiger partial charge in [-0.2, -0.15) is 22.8 Å². The normalized spacial score (nSPS) is 11.7. The van der Waals surface area contributed by atoms with Gasteiger partial charge in [0.25, 0.3) is 0 Å². The minimum absolute atomic E-state index is 0.100. The molecule has 5 aromatic rings. The third-order valence-electron chi connectivity index (χ3n) is 4.65. The molecule has 0 aliphatic carbocycles. The molecule has 0 spiro atoms. The number of rotatable bonds is 4. The molecule has 11 heteroatoms. The molecule has 0 atom stereocenters. The highest BCUT2D eigenvalue weighted by Crippen LogP contribution is 2.32. The van der Waals surface area contributed by atoms with E-state index in [0.29, 0.717) is 11.5 Å². The minimum Gasteiger partial charge on any atom is -0.340 e. The molecule has 0 aliphatic rings. The number of fused-ring (bicyclic) bond motifs is 1. The van der Waals surface area contributed by atoms with E-state index in [4.69, 9.17) is 0 Å². The molecule has 3 aromatic heterocycles. The summed E-state index contributed by atoms with van der Waals surface area (Å²) in [6, 6.07) is 17.2. The standard InChI is InChI=1S/C20H13F3N8/c21-20(22,23)16-11-18(31-17(26-16)9-10-24-31)25-13-7-5-12(6-8-13)14-3-1-2-4-15(14)19-27-29-30-28-19/h1-11,25H,(H,27,28,29,30). The second-order valence-electron chi connectivity index (χ2n) is 6.62. The van der Waals surface area contributed by atoms with Crippen molar-refractivity contribution in [1.29, 1.82) is 0 Å². The maximum atomic E-state index is 13.2. The van der Waals surface area contributed by atoms with E-state index in [1.165, 1.54) is 16.8 Å². The lowest BCUT2D eigenvalue weighted by Crippen LogP contribution is -2.11. The third-order valence-corrected chi connectivity index (χ3v) is 4.65. The van der Waals surface area contributed by atoms with E-state index in [0.717, 1.165) is 22.8 Å². The van der Waals surface area contributed by atoms with Crippen molar-refractivity contribution in [3.05, 3.63) is 72.6 Å². The lowest BCUT2D eigenvalue weighted by Gasteiger charge is -2.13. The Morgan fingerprint density at radius 3 is 2.42 bits per heavy atom. The summed E-state index contributed by atoms with van der Waals surface area (Å²) in [5.41, 5.74) is 2.34. The summed E-state index contributed by atoms with van der Waals surface area (Å²) >= 11 is 0. The van der Waals surface area contributed by atoms with Crippen molar-refractivity contribution in [2.45, 2.75) is 6.18 Å². The molecule has 0 aliphatic heterocycles. The number of anilines is 2. The molecule has 2 aromatic carbocycles. The van der Waals surface area contributed by atoms with Crippen LogP contribution in [-0.2, 0) is 6.18 Å². The van der Waals surface area contributed by atoms with Crippen molar-refractivity contribution < 1.29 is 13.2 Å². The number of nitrogens with zero attached hydrogens (tertiary/aromatic N) is 6. The highest BCUT2D eigenvalue weighted by atomic mass is 19.4. The molecule has 154 valence electrons. The summed E-state index contributed by atoms with van der Waals surface area (Å²) in [7, 11) is 0. The summed E-state index contributed by atoms with van der Waals surface area (Å²) in [5, 5.41) is 21.0. The first-order valence-corrected chi connectivity index (χ1v) is 9.11. The molecule has 0 amide bonds. The molecular weight excluding hydrogens is 409 g/mol. The summed E-state index contributed by atoms with van der Waals surface area (Å²) in [4.78, 5) is 3.61. The number of aromatic amines is 1. The number of aromatic nitrogens is 7. The number of hydrogen-bond acceptors (Lipinski definition) is 6. The zero-order chi connectivity index (χ0) is 21.4. The molecule has 8 nitrogen and oxygen atoms in total. The topological polar surface area (TPSA) is 96.7 Å². The van der Waals surface area contributed by atoms with Gasteiger partial charge in [0, 0.05) is 23.4 Å². The lowest BCUT2D eigenvalue weighted by molar-refractivity contribution is -0.141. The molecule has 0 bridgehead atoms. The summed E-state index contributed by atoms with van der Waals surface area (Å²) in [5.74, 6) is 0.693. The van der Waals surface area contributed by atoms with E-state index < -0.39 is 11.9 Å². The number of H-pyrrole nitrogens is 1. The number of hydrogen-bond donors (Lipinski definition) is 2. The first-order valence-electron chi connectivity index (χ1n) is 9.11. The highest BCUT2D eigenvalue weighted by molar-refractivity contribution is 5.81. The van der Waals surface area contributed by atoms with Crippen LogP contribution in [0.1, 0.15) is 5.69 Å². The Morgan fingerprint density at radius 2 is 1.71 bits per heavy atom.